The van der Waals surface area contributed by atoms with Crippen molar-refractivity contribution in [3.63, 3.8) is 0 Å². The lowest BCUT2D eigenvalue weighted by Gasteiger charge is -2.44. The van der Waals surface area contributed by atoms with Gasteiger partial charge in [0.1, 0.15) is 12.2 Å². The molecule has 0 spiro atoms. The number of aliphatic hydroxyl groups is 4. The first-order valence-electron chi connectivity index (χ1n) is 6.77. The molecular formula is C14H21BrO10. The van der Waals surface area contributed by atoms with E-state index < -0.39 is 59.1 Å². The van der Waals surface area contributed by atoms with Crippen molar-refractivity contribution in [3.8, 4) is 0 Å². The van der Waals surface area contributed by atoms with Crippen LogP contribution in [0, 0.1) is 0 Å². The number of rotatable bonds is 9. The lowest BCUT2D eigenvalue weighted by molar-refractivity contribution is -0.226. The van der Waals surface area contributed by atoms with Crippen LogP contribution in [-0.4, -0.2) is 79.5 Å². The van der Waals surface area contributed by atoms with Crippen LogP contribution in [0.3, 0.4) is 0 Å². The molecule has 11 heteroatoms. The predicted octanol–water partition coefficient (Wildman–Crippen LogP) is -2.35. The first-order chi connectivity index (χ1) is 10.8. The third kappa shape index (κ3) is 4.36. The number of hydrogen-bond donors (Lipinski definition) is 4. The van der Waals surface area contributed by atoms with Gasteiger partial charge in [0.2, 0.25) is 5.60 Å². The number of halogens is 1. The standard InChI is InChI=1S/C14H20O10.BrH/c1-6(16)11(21)14(8(3)18,24-9(4)19)13(23,7(2)17)12(22)10(20)5-15;/h10,12,15,20,22-23H,5H2,1-4H3;1H/t10-,12-,13+,14+;/m1./s1. The Hall–Kier alpha value is -1.53. The van der Waals surface area contributed by atoms with Gasteiger partial charge in [-0.25, -0.2) is 0 Å². The van der Waals surface area contributed by atoms with Crippen molar-refractivity contribution in [2.45, 2.75) is 51.1 Å². The molecule has 144 valence electrons. The van der Waals surface area contributed by atoms with Gasteiger partial charge in [0.25, 0.3) is 11.4 Å². The minimum atomic E-state index is -3.50. The minimum absolute atomic E-state index is 0. The highest BCUT2D eigenvalue weighted by Crippen LogP contribution is 2.35. The Morgan fingerprint density at radius 3 is 1.64 bits per heavy atom. The smallest absolute Gasteiger partial charge is 0.304 e. The van der Waals surface area contributed by atoms with E-state index in [-0.39, 0.29) is 17.0 Å². The van der Waals surface area contributed by atoms with Crippen LogP contribution in [0.2, 0.25) is 0 Å². The summed E-state index contributed by atoms with van der Waals surface area (Å²) >= 11 is 0. The summed E-state index contributed by atoms with van der Waals surface area (Å²) in [4.78, 5) is 59.2. The number of hydrogen-bond acceptors (Lipinski definition) is 10. The molecule has 4 atom stereocenters. The molecule has 0 aliphatic heterocycles. The van der Waals surface area contributed by atoms with Gasteiger partial charge >= 0.3 is 5.97 Å². The van der Waals surface area contributed by atoms with Crippen molar-refractivity contribution in [2.24, 2.45) is 0 Å². The normalized spacial score (nSPS) is 17.8. The molecule has 10 nitrogen and oxygen atoms in total. The highest BCUT2D eigenvalue weighted by atomic mass is 79.9. The van der Waals surface area contributed by atoms with Crippen LogP contribution in [-0.2, 0) is 28.7 Å². The molecule has 0 saturated heterocycles. The van der Waals surface area contributed by atoms with E-state index in [0.717, 1.165) is 6.92 Å². The van der Waals surface area contributed by atoms with E-state index in [1.807, 2.05) is 0 Å². The molecule has 25 heavy (non-hydrogen) atoms. The maximum absolute atomic E-state index is 12.3. The van der Waals surface area contributed by atoms with Gasteiger partial charge in [-0.3, -0.25) is 24.0 Å². The molecule has 0 aliphatic rings. The van der Waals surface area contributed by atoms with Crippen molar-refractivity contribution in [2.75, 3.05) is 6.61 Å². The number of ketones is 4. The Morgan fingerprint density at radius 2 is 1.40 bits per heavy atom. The summed E-state index contributed by atoms with van der Waals surface area (Å²) in [6.07, 6.45) is -4.81. The summed E-state index contributed by atoms with van der Waals surface area (Å²) in [6.45, 7) is 1.55. The van der Waals surface area contributed by atoms with Crippen LogP contribution in [0.5, 0.6) is 0 Å². The van der Waals surface area contributed by atoms with Crippen LogP contribution < -0.4 is 0 Å². The van der Waals surface area contributed by atoms with E-state index in [1.165, 1.54) is 0 Å². The third-order valence-corrected chi connectivity index (χ3v) is 3.49. The monoisotopic (exact) mass is 428 g/mol. The molecule has 0 aromatic rings. The maximum Gasteiger partial charge on any atom is 0.304 e. The number of carbonyl (C=O) groups excluding carboxylic acids is 5. The summed E-state index contributed by atoms with van der Waals surface area (Å²) in [5, 5.41) is 39.2. The largest absolute Gasteiger partial charge is 0.439 e. The Bertz CT molecular complexity index is 574. The van der Waals surface area contributed by atoms with E-state index in [1.54, 1.807) is 0 Å². The van der Waals surface area contributed by atoms with Gasteiger partial charge in [-0.05, 0) is 13.8 Å². The van der Waals surface area contributed by atoms with E-state index in [0.29, 0.717) is 20.8 Å². The number of ether oxygens (including phenoxy) is 1. The van der Waals surface area contributed by atoms with Gasteiger partial charge in [-0.1, -0.05) is 0 Å². The fourth-order valence-corrected chi connectivity index (χ4v) is 2.30. The zero-order valence-corrected chi connectivity index (χ0v) is 15.7. The molecule has 0 amide bonds. The summed E-state index contributed by atoms with van der Waals surface area (Å²) in [6, 6.07) is 0. The molecule has 0 unspecified atom stereocenters. The Labute approximate surface area is 153 Å². The second-order valence-electron chi connectivity index (χ2n) is 5.23. The Kier molecular flexibility index (Phi) is 9.51. The van der Waals surface area contributed by atoms with Crippen molar-refractivity contribution in [1.82, 2.24) is 0 Å². The Balaban J connectivity index is 0. The van der Waals surface area contributed by atoms with Crippen molar-refractivity contribution < 1.29 is 49.1 Å². The van der Waals surface area contributed by atoms with Crippen molar-refractivity contribution in [1.29, 1.82) is 0 Å². The third-order valence-electron chi connectivity index (χ3n) is 3.49. The molecular weight excluding hydrogens is 408 g/mol. The van der Waals surface area contributed by atoms with Crippen LogP contribution in [0.1, 0.15) is 27.7 Å². The predicted molar refractivity (Wildman–Crippen MR) is 85.9 cm³/mol. The zero-order chi connectivity index (χ0) is 19.5. The van der Waals surface area contributed by atoms with Crippen LogP contribution >= 0.6 is 17.0 Å². The molecule has 0 aromatic heterocycles. The molecule has 0 saturated carbocycles. The fraction of sp³-hybridized carbons (Fsp3) is 0.643. The topological polar surface area (TPSA) is 175 Å². The quantitative estimate of drug-likeness (QED) is 0.176. The van der Waals surface area contributed by atoms with Gasteiger partial charge in [0.15, 0.2) is 17.3 Å². The van der Waals surface area contributed by atoms with E-state index >= 15 is 0 Å². The van der Waals surface area contributed by atoms with Crippen LogP contribution in [0.25, 0.3) is 0 Å². The minimum Gasteiger partial charge on any atom is -0.439 e. The van der Waals surface area contributed by atoms with Gasteiger partial charge in [0.05, 0.1) is 6.61 Å². The zero-order valence-electron chi connectivity index (χ0n) is 14.0. The first-order valence-corrected chi connectivity index (χ1v) is 6.77. The summed E-state index contributed by atoms with van der Waals surface area (Å²) < 4.78 is 4.58. The molecule has 0 aliphatic carbocycles. The van der Waals surface area contributed by atoms with E-state index in [4.69, 9.17) is 5.11 Å². The average molecular weight is 429 g/mol. The van der Waals surface area contributed by atoms with Gasteiger partial charge < -0.3 is 25.2 Å². The van der Waals surface area contributed by atoms with Gasteiger partial charge in [-0.15, -0.1) is 17.0 Å². The molecule has 0 rings (SSSR count). The number of Topliss-reactive ketones (excluding diaryl/α,β-unsaturated/α-hetero) is 4. The van der Waals surface area contributed by atoms with E-state index in [9.17, 15) is 39.3 Å². The summed E-state index contributed by atoms with van der Waals surface area (Å²) in [5.74, 6) is -7.32. The van der Waals surface area contributed by atoms with Gasteiger partial charge in [-0.2, -0.15) is 0 Å². The number of aliphatic hydroxyl groups excluding tert-OH is 3. The number of carbonyl (C=O) groups is 5. The molecule has 0 aromatic carbocycles. The average Bonchev–Trinajstić information content (AvgIpc) is 2.48. The van der Waals surface area contributed by atoms with Crippen LogP contribution in [0.4, 0.5) is 0 Å². The highest BCUT2D eigenvalue weighted by molar-refractivity contribution is 8.93. The van der Waals surface area contributed by atoms with Crippen molar-refractivity contribution >= 4 is 46.1 Å². The van der Waals surface area contributed by atoms with Crippen LogP contribution in [0.15, 0.2) is 0 Å². The number of esters is 1. The summed E-state index contributed by atoms with van der Waals surface area (Å²) in [5.41, 5.74) is -6.92. The molecule has 0 bridgehead atoms. The summed E-state index contributed by atoms with van der Waals surface area (Å²) in [7, 11) is 0. The van der Waals surface area contributed by atoms with E-state index in [2.05, 4.69) is 4.74 Å². The highest BCUT2D eigenvalue weighted by Gasteiger charge is 2.70. The lowest BCUT2D eigenvalue weighted by Crippen LogP contribution is -2.76. The first kappa shape index (κ1) is 25.7. The SMILES string of the molecule is Br.CC(=O)O[C@@](C(C)=O)(C(=O)C(C)=O)[C@](O)(C(C)=O)[C@H](O)[C@H](O)CO. The molecule has 0 fully saturated rings. The molecule has 0 heterocycles. The fourth-order valence-electron chi connectivity index (χ4n) is 2.30. The molecule has 0 radical (unpaired) electrons. The second-order valence-corrected chi connectivity index (χ2v) is 5.23. The Morgan fingerprint density at radius 1 is 0.960 bits per heavy atom. The van der Waals surface area contributed by atoms with Gasteiger partial charge in [0, 0.05) is 13.8 Å². The maximum atomic E-state index is 12.3. The van der Waals surface area contributed by atoms with Crippen molar-refractivity contribution in [3.05, 3.63) is 0 Å². The second kappa shape index (κ2) is 9.25. The molecule has 4 N–H and O–H groups in total. The lowest BCUT2D eigenvalue weighted by atomic mass is 9.69.